The Kier molecular flexibility index (Phi) is 3.23. The molecule has 0 spiro atoms. The quantitative estimate of drug-likeness (QED) is 0.770. The lowest BCUT2D eigenvalue weighted by Crippen LogP contribution is -2.03. The van der Waals surface area contributed by atoms with Gasteiger partial charge in [-0.05, 0) is 25.1 Å². The van der Waals surface area contributed by atoms with E-state index >= 15 is 0 Å². The van der Waals surface area contributed by atoms with Gasteiger partial charge >= 0.3 is 5.97 Å². The molecule has 2 aromatic carbocycles. The maximum Gasteiger partial charge on any atom is 0.356 e. The number of fused-ring (bicyclic) bond motifs is 3. The average Bonchev–Trinajstić information content (AvgIpc) is 2.96. The summed E-state index contributed by atoms with van der Waals surface area (Å²) < 4.78 is 1.76. The van der Waals surface area contributed by atoms with Crippen molar-refractivity contribution in [1.29, 1.82) is 0 Å². The highest BCUT2D eigenvalue weighted by atomic mass is 32.2. The number of nitrogens with zero attached hydrogens (tertiary/aromatic N) is 2. The molecule has 0 radical (unpaired) electrons. The molecule has 4 nitrogen and oxygen atoms in total. The summed E-state index contributed by atoms with van der Waals surface area (Å²) in [5.74, 6) is -0.355. The van der Waals surface area contributed by atoms with Crippen molar-refractivity contribution in [2.45, 2.75) is 17.6 Å². The molecule has 0 bridgehead atoms. The molecular weight excluding hydrogens is 308 g/mol. The summed E-state index contributed by atoms with van der Waals surface area (Å²) in [6, 6.07) is 16.0. The van der Waals surface area contributed by atoms with Crippen molar-refractivity contribution in [3.8, 4) is 16.9 Å². The van der Waals surface area contributed by atoms with E-state index in [1.807, 2.05) is 49.4 Å². The van der Waals surface area contributed by atoms with Gasteiger partial charge in [0.05, 0.1) is 11.4 Å². The predicted octanol–water partition coefficient (Wildman–Crippen LogP) is 4.15. The van der Waals surface area contributed by atoms with E-state index in [1.165, 1.54) is 0 Å². The zero-order chi connectivity index (χ0) is 16.0. The normalized spacial score (nSPS) is 12.6. The Morgan fingerprint density at radius 3 is 2.65 bits per heavy atom. The number of hydrogen-bond acceptors (Lipinski definition) is 3. The van der Waals surface area contributed by atoms with Gasteiger partial charge < -0.3 is 5.11 Å². The number of thioether (sulfide) groups is 1. The van der Waals surface area contributed by atoms with Crippen molar-refractivity contribution in [3.05, 3.63) is 65.4 Å². The van der Waals surface area contributed by atoms with Crippen LogP contribution in [0.3, 0.4) is 0 Å². The zero-order valence-electron chi connectivity index (χ0n) is 12.5. The molecule has 4 rings (SSSR count). The Morgan fingerprint density at radius 2 is 1.91 bits per heavy atom. The van der Waals surface area contributed by atoms with Crippen LogP contribution in [-0.2, 0) is 5.75 Å². The van der Waals surface area contributed by atoms with E-state index in [0.29, 0.717) is 5.75 Å². The summed E-state index contributed by atoms with van der Waals surface area (Å²) in [5, 5.41) is 13.9. The lowest BCUT2D eigenvalue weighted by Gasteiger charge is -2.18. The predicted molar refractivity (Wildman–Crippen MR) is 90.3 cm³/mol. The summed E-state index contributed by atoms with van der Waals surface area (Å²) in [5.41, 5.74) is 4.90. The van der Waals surface area contributed by atoms with E-state index in [0.717, 1.165) is 33.0 Å². The molecule has 0 unspecified atom stereocenters. The van der Waals surface area contributed by atoms with Crippen LogP contribution in [0.5, 0.6) is 0 Å². The van der Waals surface area contributed by atoms with Gasteiger partial charge in [-0.1, -0.05) is 35.9 Å². The first-order valence-electron chi connectivity index (χ1n) is 7.29. The molecule has 1 aromatic heterocycles. The van der Waals surface area contributed by atoms with Crippen LogP contribution in [-0.4, -0.2) is 20.9 Å². The van der Waals surface area contributed by atoms with E-state index in [1.54, 1.807) is 16.4 Å². The number of aromatic nitrogens is 2. The van der Waals surface area contributed by atoms with Crippen LogP contribution >= 0.6 is 11.8 Å². The number of benzene rings is 2. The average molecular weight is 322 g/mol. The third-order valence-electron chi connectivity index (χ3n) is 3.98. The summed E-state index contributed by atoms with van der Waals surface area (Å²) in [7, 11) is 0. The van der Waals surface area contributed by atoms with Crippen molar-refractivity contribution in [2.75, 3.05) is 0 Å². The minimum atomic E-state index is -0.980. The van der Waals surface area contributed by atoms with Gasteiger partial charge in [-0.2, -0.15) is 5.10 Å². The fourth-order valence-electron chi connectivity index (χ4n) is 2.85. The smallest absolute Gasteiger partial charge is 0.356 e. The number of rotatable bonds is 2. The van der Waals surface area contributed by atoms with E-state index < -0.39 is 5.97 Å². The van der Waals surface area contributed by atoms with Gasteiger partial charge in [-0.15, -0.1) is 11.8 Å². The second-order valence-corrected chi connectivity index (χ2v) is 6.53. The Hall–Kier alpha value is -2.53. The lowest BCUT2D eigenvalue weighted by molar-refractivity contribution is 0.0689. The molecule has 2 heterocycles. The van der Waals surface area contributed by atoms with Crippen LogP contribution in [0, 0.1) is 6.92 Å². The van der Waals surface area contributed by atoms with Crippen LogP contribution in [0.15, 0.2) is 53.4 Å². The van der Waals surface area contributed by atoms with Crippen molar-refractivity contribution < 1.29 is 9.90 Å². The first-order valence-corrected chi connectivity index (χ1v) is 8.28. The highest BCUT2D eigenvalue weighted by Crippen LogP contribution is 2.43. The molecular formula is C18H14N2O2S. The standard InChI is InChI=1S/C18H14N2O2S/c1-11-6-8-12(9-7-11)20-17-13-4-2-3-5-15(13)23-10-14(17)16(19-20)18(21)22/h2-9H,10H2,1H3,(H,21,22). The van der Waals surface area contributed by atoms with E-state index in [2.05, 4.69) is 11.2 Å². The molecule has 0 atom stereocenters. The van der Waals surface area contributed by atoms with Crippen molar-refractivity contribution in [1.82, 2.24) is 9.78 Å². The first kappa shape index (κ1) is 14.1. The molecule has 0 fully saturated rings. The molecule has 3 aromatic rings. The number of aromatic carboxylic acids is 1. The number of hydrogen-bond donors (Lipinski definition) is 1. The highest BCUT2D eigenvalue weighted by Gasteiger charge is 2.28. The summed E-state index contributed by atoms with van der Waals surface area (Å²) in [4.78, 5) is 12.8. The summed E-state index contributed by atoms with van der Waals surface area (Å²) in [6.07, 6.45) is 0. The number of carbonyl (C=O) groups is 1. The van der Waals surface area contributed by atoms with Gasteiger partial charge in [0.25, 0.3) is 0 Å². The molecule has 1 aliphatic rings. The Bertz CT molecular complexity index is 913. The van der Waals surface area contributed by atoms with Crippen LogP contribution in [0.1, 0.15) is 21.6 Å². The molecule has 5 heteroatoms. The van der Waals surface area contributed by atoms with Gasteiger partial charge in [0, 0.05) is 21.8 Å². The molecule has 1 N–H and O–H groups in total. The van der Waals surface area contributed by atoms with Crippen molar-refractivity contribution in [2.24, 2.45) is 0 Å². The first-order chi connectivity index (χ1) is 11.1. The molecule has 23 heavy (non-hydrogen) atoms. The summed E-state index contributed by atoms with van der Waals surface area (Å²) >= 11 is 1.66. The maximum absolute atomic E-state index is 11.6. The molecule has 0 amide bonds. The van der Waals surface area contributed by atoms with Gasteiger partial charge in [0.15, 0.2) is 5.69 Å². The largest absolute Gasteiger partial charge is 0.476 e. The Morgan fingerprint density at radius 1 is 1.17 bits per heavy atom. The second kappa shape index (κ2) is 5.28. The van der Waals surface area contributed by atoms with E-state index in [4.69, 9.17) is 0 Å². The number of carboxylic acid groups (broad SMARTS) is 1. The fraction of sp³-hybridized carbons (Fsp3) is 0.111. The number of aryl methyl sites for hydroxylation is 1. The van der Waals surface area contributed by atoms with Crippen LogP contribution in [0.2, 0.25) is 0 Å². The van der Waals surface area contributed by atoms with Crippen molar-refractivity contribution in [3.63, 3.8) is 0 Å². The Labute approximate surface area is 137 Å². The topological polar surface area (TPSA) is 55.1 Å². The fourth-order valence-corrected chi connectivity index (χ4v) is 3.91. The third-order valence-corrected chi connectivity index (χ3v) is 5.08. The van der Waals surface area contributed by atoms with Gasteiger partial charge in [-0.25, -0.2) is 9.48 Å². The van der Waals surface area contributed by atoms with Crippen LogP contribution < -0.4 is 0 Å². The minimum Gasteiger partial charge on any atom is -0.476 e. The van der Waals surface area contributed by atoms with E-state index in [9.17, 15) is 9.90 Å². The molecule has 0 saturated heterocycles. The van der Waals surface area contributed by atoms with Gasteiger partial charge in [-0.3, -0.25) is 0 Å². The van der Waals surface area contributed by atoms with Gasteiger partial charge in [0.1, 0.15) is 0 Å². The molecule has 114 valence electrons. The monoisotopic (exact) mass is 322 g/mol. The van der Waals surface area contributed by atoms with Crippen LogP contribution in [0.4, 0.5) is 0 Å². The van der Waals surface area contributed by atoms with Gasteiger partial charge in [0.2, 0.25) is 0 Å². The minimum absolute atomic E-state index is 0.141. The van der Waals surface area contributed by atoms with Crippen LogP contribution in [0.25, 0.3) is 16.9 Å². The maximum atomic E-state index is 11.6. The summed E-state index contributed by atoms with van der Waals surface area (Å²) in [6.45, 7) is 2.02. The SMILES string of the molecule is Cc1ccc(-n2nc(C(=O)O)c3c2-c2ccccc2SC3)cc1. The van der Waals surface area contributed by atoms with Crippen molar-refractivity contribution >= 4 is 17.7 Å². The third kappa shape index (κ3) is 2.24. The highest BCUT2D eigenvalue weighted by molar-refractivity contribution is 7.98. The molecule has 1 aliphatic heterocycles. The molecule has 0 aliphatic carbocycles. The number of carboxylic acids is 1. The Balaban J connectivity index is 2.01. The lowest BCUT2D eigenvalue weighted by atomic mass is 10.1. The molecule has 0 saturated carbocycles. The zero-order valence-corrected chi connectivity index (χ0v) is 13.3. The second-order valence-electron chi connectivity index (χ2n) is 5.51. The van der Waals surface area contributed by atoms with E-state index in [-0.39, 0.29) is 5.69 Å².